The first-order valence-corrected chi connectivity index (χ1v) is 15.4. The summed E-state index contributed by atoms with van der Waals surface area (Å²) in [5.41, 5.74) is 3.47. The number of fused-ring (bicyclic) bond motifs is 1. The van der Waals surface area contributed by atoms with Gasteiger partial charge in [0.05, 0.1) is 21.7 Å². The number of halogens is 1. The molecule has 0 saturated carbocycles. The fourth-order valence-electron chi connectivity index (χ4n) is 4.15. The number of non-ortho nitro benzene ring substituents is 1. The number of nitro benzene ring substituents is 1. The molecular weight excluding hydrogens is 458 g/mol. The van der Waals surface area contributed by atoms with E-state index in [1.54, 1.807) is 12.1 Å². The van der Waals surface area contributed by atoms with Crippen LogP contribution in [0.5, 0.6) is 0 Å². The third kappa shape index (κ3) is 5.71. The largest absolute Gasteiger partial charge is 0.370 e. The van der Waals surface area contributed by atoms with E-state index < -0.39 is 8.07 Å². The minimum atomic E-state index is -1.18. The lowest BCUT2D eigenvalue weighted by molar-refractivity contribution is -0.384. The van der Waals surface area contributed by atoms with Gasteiger partial charge in [0.25, 0.3) is 5.69 Å². The van der Waals surface area contributed by atoms with Crippen molar-refractivity contribution < 1.29 is 9.66 Å². The molecule has 2 aromatic heterocycles. The lowest BCUT2D eigenvalue weighted by Crippen LogP contribution is -2.22. The Morgan fingerprint density at radius 1 is 1.21 bits per heavy atom. The van der Waals surface area contributed by atoms with Crippen molar-refractivity contribution in [2.45, 2.75) is 51.7 Å². The van der Waals surface area contributed by atoms with Crippen molar-refractivity contribution in [3.05, 3.63) is 57.1 Å². The summed E-state index contributed by atoms with van der Waals surface area (Å²) in [6.45, 7) is 10.1. The van der Waals surface area contributed by atoms with Crippen LogP contribution < -0.4 is 4.90 Å². The second-order valence-electron chi connectivity index (χ2n) is 9.77. The zero-order valence-corrected chi connectivity index (χ0v) is 21.1. The smallest absolute Gasteiger partial charge is 0.269 e. The van der Waals surface area contributed by atoms with Gasteiger partial charge in [-0.25, -0.2) is 4.98 Å². The third-order valence-electron chi connectivity index (χ3n) is 5.91. The highest BCUT2D eigenvalue weighted by Crippen LogP contribution is 2.34. The monoisotopic (exact) mass is 487 g/mol. The minimum absolute atomic E-state index is 0.0667. The van der Waals surface area contributed by atoms with Crippen LogP contribution in [-0.4, -0.2) is 47.2 Å². The van der Waals surface area contributed by atoms with Gasteiger partial charge in [-0.05, 0) is 36.1 Å². The van der Waals surface area contributed by atoms with E-state index in [1.807, 2.05) is 10.6 Å². The Bertz CT molecular complexity index is 1150. The first-order valence-electron chi connectivity index (χ1n) is 11.3. The molecule has 0 unspecified atom stereocenters. The van der Waals surface area contributed by atoms with E-state index in [-0.39, 0.29) is 15.9 Å². The van der Waals surface area contributed by atoms with Crippen molar-refractivity contribution >= 4 is 42.1 Å². The molecule has 1 aromatic carbocycles. The molecule has 8 nitrogen and oxygen atoms in total. The van der Waals surface area contributed by atoms with Crippen LogP contribution in [0, 0.1) is 10.1 Å². The van der Waals surface area contributed by atoms with Gasteiger partial charge in [-0.1, -0.05) is 31.8 Å². The Morgan fingerprint density at radius 2 is 1.97 bits per heavy atom. The zero-order valence-electron chi connectivity index (χ0n) is 19.4. The maximum Gasteiger partial charge on any atom is 0.269 e. The second-order valence-corrected chi connectivity index (χ2v) is 15.7. The topological polar surface area (TPSA) is 86.3 Å². The molecule has 0 radical (unpaired) electrons. The summed E-state index contributed by atoms with van der Waals surface area (Å²) in [4.78, 5) is 22.3. The number of hydrogen-bond donors (Lipinski definition) is 0. The van der Waals surface area contributed by atoms with Gasteiger partial charge in [-0.3, -0.25) is 10.1 Å². The highest BCUT2D eigenvalue weighted by molar-refractivity contribution is 6.76. The highest BCUT2D eigenvalue weighted by atomic mass is 35.5. The van der Waals surface area contributed by atoms with Crippen LogP contribution in [0.4, 0.5) is 11.4 Å². The van der Waals surface area contributed by atoms with Gasteiger partial charge in [0.15, 0.2) is 0 Å². The number of anilines is 1. The Kier molecular flexibility index (Phi) is 7.01. The maximum absolute atomic E-state index is 11.2. The quantitative estimate of drug-likeness (QED) is 0.130. The zero-order chi connectivity index (χ0) is 23.6. The Labute approximate surface area is 199 Å². The third-order valence-corrected chi connectivity index (χ3v) is 7.78. The fraction of sp³-hybridized carbons (Fsp3) is 0.478. The lowest BCUT2D eigenvalue weighted by Gasteiger charge is -2.17. The van der Waals surface area contributed by atoms with E-state index in [0.717, 1.165) is 60.0 Å². The van der Waals surface area contributed by atoms with Crippen LogP contribution in [0.3, 0.4) is 0 Å². The number of aromatic nitrogens is 3. The van der Waals surface area contributed by atoms with Crippen LogP contribution in [0.2, 0.25) is 31.0 Å². The average molecular weight is 488 g/mol. The number of ether oxygens (including phenoxy) is 1. The van der Waals surface area contributed by atoms with Crippen LogP contribution in [0.25, 0.3) is 11.0 Å². The van der Waals surface area contributed by atoms with Gasteiger partial charge in [-0.2, -0.15) is 4.98 Å². The van der Waals surface area contributed by atoms with E-state index in [2.05, 4.69) is 40.7 Å². The molecule has 1 aliphatic rings. The standard InChI is InChI=1S/C23H30ClN5O3Si/c1-33(2,3)12-11-32-16-28-15-20(27-9-4-5-10-27)21-19(25-23(24)26-22(21)28)14-17-7-6-8-18(13-17)29(30)31/h6-8,13,15H,4-5,9-12,14,16H2,1-3H3. The lowest BCUT2D eigenvalue weighted by atomic mass is 10.1. The number of nitrogens with zero attached hydrogens (tertiary/aromatic N) is 5. The Hall–Kier alpha value is -2.49. The predicted molar refractivity (Wildman–Crippen MR) is 134 cm³/mol. The average Bonchev–Trinajstić information content (AvgIpc) is 3.39. The number of hydrogen-bond acceptors (Lipinski definition) is 6. The molecule has 1 aliphatic heterocycles. The molecule has 3 aromatic rings. The van der Waals surface area contributed by atoms with Crippen LogP contribution >= 0.6 is 11.6 Å². The second kappa shape index (κ2) is 9.78. The van der Waals surface area contributed by atoms with E-state index in [0.29, 0.717) is 19.8 Å². The Balaban J connectivity index is 1.71. The van der Waals surface area contributed by atoms with Crippen molar-refractivity contribution in [1.29, 1.82) is 0 Å². The number of benzene rings is 1. The van der Waals surface area contributed by atoms with Gasteiger partial charge in [0, 0.05) is 52.5 Å². The van der Waals surface area contributed by atoms with Crippen LogP contribution in [-0.2, 0) is 17.9 Å². The SMILES string of the molecule is C[Si](C)(C)CCOCn1cc(N2CCCC2)c2c(Cc3cccc([N+](=O)[O-])c3)nc(Cl)nc21. The molecule has 4 rings (SSSR count). The molecule has 176 valence electrons. The summed E-state index contributed by atoms with van der Waals surface area (Å²) in [5, 5.41) is 12.3. The molecule has 0 amide bonds. The van der Waals surface area contributed by atoms with E-state index >= 15 is 0 Å². The summed E-state index contributed by atoms with van der Waals surface area (Å²) >= 11 is 6.34. The van der Waals surface area contributed by atoms with Crippen molar-refractivity contribution in [3.63, 3.8) is 0 Å². The van der Waals surface area contributed by atoms with Gasteiger partial charge in [0.1, 0.15) is 12.4 Å². The molecule has 0 atom stereocenters. The summed E-state index contributed by atoms with van der Waals surface area (Å²) in [5.74, 6) is 0. The normalized spacial score (nSPS) is 14.4. The van der Waals surface area contributed by atoms with Crippen molar-refractivity contribution in [1.82, 2.24) is 14.5 Å². The van der Waals surface area contributed by atoms with Crippen LogP contribution in [0.15, 0.2) is 30.5 Å². The molecule has 0 bridgehead atoms. The van der Waals surface area contributed by atoms with Gasteiger partial charge in [-0.15, -0.1) is 0 Å². The predicted octanol–water partition coefficient (Wildman–Crippen LogP) is 5.50. The highest BCUT2D eigenvalue weighted by Gasteiger charge is 2.23. The molecular formula is C23H30ClN5O3Si. The fourth-order valence-corrected chi connectivity index (χ4v) is 5.09. The molecule has 1 fully saturated rings. The molecule has 3 heterocycles. The molecule has 10 heteroatoms. The first kappa shape index (κ1) is 23.7. The van der Waals surface area contributed by atoms with E-state index in [4.69, 9.17) is 16.3 Å². The van der Waals surface area contributed by atoms with E-state index in [9.17, 15) is 10.1 Å². The summed E-state index contributed by atoms with van der Waals surface area (Å²) in [6, 6.07) is 7.76. The van der Waals surface area contributed by atoms with Gasteiger partial charge >= 0.3 is 0 Å². The van der Waals surface area contributed by atoms with Crippen LogP contribution in [0.1, 0.15) is 24.1 Å². The van der Waals surface area contributed by atoms with Crippen molar-refractivity contribution in [2.75, 3.05) is 24.6 Å². The van der Waals surface area contributed by atoms with Crippen molar-refractivity contribution in [2.24, 2.45) is 0 Å². The van der Waals surface area contributed by atoms with Crippen molar-refractivity contribution in [3.8, 4) is 0 Å². The first-order chi connectivity index (χ1) is 15.7. The van der Waals surface area contributed by atoms with Gasteiger partial charge < -0.3 is 14.2 Å². The minimum Gasteiger partial charge on any atom is -0.370 e. The molecule has 33 heavy (non-hydrogen) atoms. The maximum atomic E-state index is 11.2. The number of rotatable bonds is 9. The van der Waals surface area contributed by atoms with Gasteiger partial charge in [0.2, 0.25) is 5.28 Å². The summed E-state index contributed by atoms with van der Waals surface area (Å²) < 4.78 is 8.03. The molecule has 0 spiro atoms. The summed E-state index contributed by atoms with van der Waals surface area (Å²) in [7, 11) is -1.18. The molecule has 0 N–H and O–H groups in total. The number of nitro groups is 1. The molecule has 1 saturated heterocycles. The molecule has 0 aliphatic carbocycles. The van der Waals surface area contributed by atoms with E-state index in [1.165, 1.54) is 6.07 Å². The Morgan fingerprint density at radius 3 is 2.67 bits per heavy atom. The summed E-state index contributed by atoms with van der Waals surface area (Å²) in [6.07, 6.45) is 4.82.